The fourth-order valence-electron chi connectivity index (χ4n) is 1.78. The van der Waals surface area contributed by atoms with Gasteiger partial charge in [0, 0.05) is 12.4 Å². The largest absolute Gasteiger partial charge is 0.481 e. The van der Waals surface area contributed by atoms with Crippen LogP contribution in [-0.2, 0) is 4.79 Å². The van der Waals surface area contributed by atoms with Crippen molar-refractivity contribution in [1.82, 2.24) is 14.4 Å². The zero-order valence-corrected chi connectivity index (χ0v) is 8.79. The highest BCUT2D eigenvalue weighted by Crippen LogP contribution is 2.19. The number of carboxylic acids is 1. The second-order valence-corrected chi connectivity index (χ2v) is 3.59. The summed E-state index contributed by atoms with van der Waals surface area (Å²) in [5.74, 6) is -0.920. The summed E-state index contributed by atoms with van der Waals surface area (Å²) in [5.41, 5.74) is 7.98. The first kappa shape index (κ1) is 10.6. The van der Waals surface area contributed by atoms with Gasteiger partial charge >= 0.3 is 5.97 Å². The molecule has 2 heterocycles. The van der Waals surface area contributed by atoms with Crippen molar-refractivity contribution in [1.29, 1.82) is 0 Å². The molecule has 0 aliphatic carbocycles. The zero-order chi connectivity index (χ0) is 11.7. The number of fused-ring (bicyclic) bond motifs is 1. The average molecular weight is 220 g/mol. The van der Waals surface area contributed by atoms with Crippen LogP contribution in [0.4, 0.5) is 0 Å². The van der Waals surface area contributed by atoms with Gasteiger partial charge in [0.1, 0.15) is 0 Å². The number of carboxylic acid groups (broad SMARTS) is 1. The molecule has 16 heavy (non-hydrogen) atoms. The van der Waals surface area contributed by atoms with Gasteiger partial charge in [-0.3, -0.25) is 14.2 Å². The minimum atomic E-state index is -0.920. The van der Waals surface area contributed by atoms with Gasteiger partial charge in [0.2, 0.25) is 0 Å². The summed E-state index contributed by atoms with van der Waals surface area (Å²) in [6, 6.07) is -0.560. The lowest BCUT2D eigenvalue weighted by Crippen LogP contribution is -2.17. The van der Waals surface area contributed by atoms with Crippen molar-refractivity contribution in [3.05, 3.63) is 30.0 Å². The van der Waals surface area contributed by atoms with E-state index >= 15 is 0 Å². The van der Waals surface area contributed by atoms with Crippen molar-refractivity contribution < 1.29 is 9.90 Å². The zero-order valence-electron chi connectivity index (χ0n) is 8.79. The monoisotopic (exact) mass is 220 g/mol. The minimum absolute atomic E-state index is 0.114. The smallest absolute Gasteiger partial charge is 0.305 e. The number of nitrogens with two attached hydrogens (primary N) is 1. The molecule has 2 rings (SSSR count). The molecule has 0 bridgehead atoms. The lowest BCUT2D eigenvalue weighted by molar-refractivity contribution is -0.137. The highest BCUT2D eigenvalue weighted by molar-refractivity contribution is 5.68. The summed E-state index contributed by atoms with van der Waals surface area (Å²) in [5, 5.41) is 8.72. The number of carbonyl (C=O) groups is 1. The third-order valence-corrected chi connectivity index (χ3v) is 2.40. The van der Waals surface area contributed by atoms with E-state index in [1.54, 1.807) is 23.0 Å². The van der Waals surface area contributed by atoms with E-state index in [9.17, 15) is 4.79 Å². The molecular weight excluding hydrogens is 208 g/mol. The molecule has 3 N–H and O–H groups in total. The van der Waals surface area contributed by atoms with E-state index in [0.29, 0.717) is 5.65 Å². The van der Waals surface area contributed by atoms with Crippen LogP contribution in [0.3, 0.4) is 0 Å². The van der Waals surface area contributed by atoms with E-state index in [0.717, 1.165) is 11.4 Å². The standard InChI is InChI=1S/C10H12N4O2/c1-6-10(7(11)4-9(15)16)14-3-2-12-5-8(14)13-6/h2-3,5,7H,4,11H2,1H3,(H,15,16). The van der Waals surface area contributed by atoms with E-state index in [4.69, 9.17) is 10.8 Å². The van der Waals surface area contributed by atoms with Gasteiger partial charge in [0.25, 0.3) is 0 Å². The summed E-state index contributed by atoms with van der Waals surface area (Å²) in [4.78, 5) is 18.8. The van der Waals surface area contributed by atoms with E-state index in [2.05, 4.69) is 9.97 Å². The van der Waals surface area contributed by atoms with Crippen LogP contribution in [0, 0.1) is 6.92 Å². The van der Waals surface area contributed by atoms with Crippen LogP contribution >= 0.6 is 0 Å². The van der Waals surface area contributed by atoms with Gasteiger partial charge in [-0.2, -0.15) is 0 Å². The Morgan fingerprint density at radius 1 is 1.69 bits per heavy atom. The Bertz CT molecular complexity index is 535. The summed E-state index contributed by atoms with van der Waals surface area (Å²) in [7, 11) is 0. The van der Waals surface area contributed by atoms with Crippen molar-refractivity contribution >= 4 is 11.6 Å². The van der Waals surface area contributed by atoms with E-state index in [-0.39, 0.29) is 6.42 Å². The Hall–Kier alpha value is -1.95. The maximum atomic E-state index is 10.6. The quantitative estimate of drug-likeness (QED) is 0.786. The maximum absolute atomic E-state index is 10.6. The number of aryl methyl sites for hydroxylation is 1. The SMILES string of the molecule is Cc1nc2cnccn2c1C(N)CC(=O)O. The number of aromatic nitrogens is 3. The predicted octanol–water partition coefficient (Wildman–Crippen LogP) is 0.512. The molecule has 0 radical (unpaired) electrons. The summed E-state index contributed by atoms with van der Waals surface area (Å²) < 4.78 is 1.77. The van der Waals surface area contributed by atoms with Crippen LogP contribution in [0.15, 0.2) is 18.6 Å². The fourth-order valence-corrected chi connectivity index (χ4v) is 1.78. The van der Waals surface area contributed by atoms with Gasteiger partial charge in [0.05, 0.1) is 30.0 Å². The van der Waals surface area contributed by atoms with Gasteiger partial charge < -0.3 is 10.8 Å². The summed E-state index contributed by atoms with van der Waals surface area (Å²) in [6.45, 7) is 1.81. The van der Waals surface area contributed by atoms with Crippen molar-refractivity contribution in [3.63, 3.8) is 0 Å². The molecule has 0 saturated carbocycles. The topological polar surface area (TPSA) is 93.5 Å². The van der Waals surface area contributed by atoms with Crippen LogP contribution < -0.4 is 5.73 Å². The first-order valence-corrected chi connectivity index (χ1v) is 4.85. The van der Waals surface area contributed by atoms with Gasteiger partial charge in [-0.1, -0.05) is 0 Å². The Kier molecular flexibility index (Phi) is 2.57. The van der Waals surface area contributed by atoms with Crippen LogP contribution in [0.5, 0.6) is 0 Å². The Morgan fingerprint density at radius 3 is 3.12 bits per heavy atom. The lowest BCUT2D eigenvalue weighted by atomic mass is 10.1. The average Bonchev–Trinajstić information content (AvgIpc) is 2.52. The number of nitrogens with zero attached hydrogens (tertiary/aromatic N) is 3. The second-order valence-electron chi connectivity index (χ2n) is 3.59. The Balaban J connectivity index is 2.50. The van der Waals surface area contributed by atoms with Gasteiger partial charge in [0.15, 0.2) is 5.65 Å². The number of hydrogen-bond acceptors (Lipinski definition) is 4. The molecule has 0 amide bonds. The van der Waals surface area contributed by atoms with Gasteiger partial charge in [-0.25, -0.2) is 4.98 Å². The molecule has 0 fully saturated rings. The van der Waals surface area contributed by atoms with Crippen molar-refractivity contribution in [2.24, 2.45) is 5.73 Å². The molecule has 0 aliphatic rings. The molecular formula is C10H12N4O2. The van der Waals surface area contributed by atoms with Crippen molar-refractivity contribution in [3.8, 4) is 0 Å². The normalized spacial score (nSPS) is 12.9. The molecule has 6 nitrogen and oxygen atoms in total. The van der Waals surface area contributed by atoms with Crippen LogP contribution in [0.1, 0.15) is 23.9 Å². The highest BCUT2D eigenvalue weighted by Gasteiger charge is 2.18. The third kappa shape index (κ3) is 1.74. The van der Waals surface area contributed by atoms with E-state index < -0.39 is 12.0 Å². The number of rotatable bonds is 3. The molecule has 2 aromatic rings. The van der Waals surface area contributed by atoms with E-state index in [1.165, 1.54) is 0 Å². The van der Waals surface area contributed by atoms with Gasteiger partial charge in [-0.05, 0) is 6.92 Å². The van der Waals surface area contributed by atoms with Crippen molar-refractivity contribution in [2.45, 2.75) is 19.4 Å². The molecule has 2 aromatic heterocycles. The molecule has 6 heteroatoms. The molecule has 0 saturated heterocycles. The Labute approximate surface area is 91.7 Å². The third-order valence-electron chi connectivity index (χ3n) is 2.40. The molecule has 0 aliphatic heterocycles. The summed E-state index contributed by atoms with van der Waals surface area (Å²) in [6.07, 6.45) is 4.85. The number of aliphatic carboxylic acids is 1. The lowest BCUT2D eigenvalue weighted by Gasteiger charge is -2.09. The molecule has 0 aromatic carbocycles. The van der Waals surface area contributed by atoms with Crippen LogP contribution in [0.2, 0.25) is 0 Å². The maximum Gasteiger partial charge on any atom is 0.305 e. The molecule has 1 unspecified atom stereocenters. The predicted molar refractivity (Wildman–Crippen MR) is 56.9 cm³/mol. The van der Waals surface area contributed by atoms with Gasteiger partial charge in [-0.15, -0.1) is 0 Å². The highest BCUT2D eigenvalue weighted by atomic mass is 16.4. The molecule has 1 atom stereocenters. The Morgan fingerprint density at radius 2 is 2.44 bits per heavy atom. The molecule has 0 spiro atoms. The number of hydrogen-bond donors (Lipinski definition) is 2. The second kappa shape index (κ2) is 3.90. The van der Waals surface area contributed by atoms with Crippen molar-refractivity contribution in [2.75, 3.05) is 0 Å². The first-order chi connectivity index (χ1) is 7.59. The van der Waals surface area contributed by atoms with Crippen LogP contribution in [-0.4, -0.2) is 25.4 Å². The van der Waals surface area contributed by atoms with E-state index in [1.807, 2.05) is 6.92 Å². The number of imidazole rings is 1. The fraction of sp³-hybridized carbons (Fsp3) is 0.300. The minimum Gasteiger partial charge on any atom is -0.481 e. The molecule has 84 valence electrons. The first-order valence-electron chi connectivity index (χ1n) is 4.85. The summed E-state index contributed by atoms with van der Waals surface area (Å²) >= 11 is 0. The van der Waals surface area contributed by atoms with Crippen LogP contribution in [0.25, 0.3) is 5.65 Å².